The van der Waals surface area contributed by atoms with Gasteiger partial charge in [-0.25, -0.2) is 16.8 Å². The first kappa shape index (κ1) is 17.2. The topological polar surface area (TPSA) is 126 Å². The summed E-state index contributed by atoms with van der Waals surface area (Å²) in [5, 5.41) is 4.89. The van der Waals surface area contributed by atoms with Gasteiger partial charge in [0.2, 0.25) is 0 Å². The quantitative estimate of drug-likeness (QED) is 0.575. The molecule has 0 aromatic heterocycles. The molecule has 8 nitrogen and oxygen atoms in total. The molecule has 0 saturated carbocycles. The number of sulfone groups is 2. The highest BCUT2D eigenvalue weighted by molar-refractivity contribution is 7.92. The van der Waals surface area contributed by atoms with Gasteiger partial charge < -0.3 is 10.6 Å². The van der Waals surface area contributed by atoms with E-state index in [1.165, 1.54) is 0 Å². The molecule has 2 amide bonds. The van der Waals surface area contributed by atoms with Crippen LogP contribution < -0.4 is 10.6 Å². The van der Waals surface area contributed by atoms with E-state index in [1.807, 2.05) is 0 Å². The van der Waals surface area contributed by atoms with E-state index < -0.39 is 42.6 Å². The summed E-state index contributed by atoms with van der Waals surface area (Å²) in [6.45, 7) is 3.15. The number of carbonyl (C=O) groups is 2. The number of amides is 2. The van der Waals surface area contributed by atoms with Crippen molar-refractivity contribution in [3.8, 4) is 0 Å². The van der Waals surface area contributed by atoms with Gasteiger partial charge >= 0.3 is 11.8 Å². The molecule has 126 valence electrons. The van der Waals surface area contributed by atoms with Crippen LogP contribution in [0.5, 0.6) is 0 Å². The van der Waals surface area contributed by atoms with E-state index in [9.17, 15) is 26.4 Å². The third-order valence-corrected chi connectivity index (χ3v) is 7.85. The molecule has 2 aliphatic heterocycles. The first-order valence-electron chi connectivity index (χ1n) is 6.89. The minimum atomic E-state index is -3.20. The minimum Gasteiger partial charge on any atom is -0.342 e. The Labute approximate surface area is 129 Å². The van der Waals surface area contributed by atoms with Crippen molar-refractivity contribution in [3.05, 3.63) is 0 Å². The molecule has 22 heavy (non-hydrogen) atoms. The molecule has 10 heteroatoms. The lowest BCUT2D eigenvalue weighted by atomic mass is 10.0. The van der Waals surface area contributed by atoms with Crippen LogP contribution in [0, 0.1) is 0 Å². The van der Waals surface area contributed by atoms with Gasteiger partial charge in [-0.1, -0.05) is 0 Å². The average Bonchev–Trinajstić information content (AvgIpc) is 2.75. The number of hydrogen-bond acceptors (Lipinski definition) is 6. The average molecular weight is 352 g/mol. The van der Waals surface area contributed by atoms with Crippen molar-refractivity contribution < 1.29 is 26.4 Å². The highest BCUT2D eigenvalue weighted by atomic mass is 32.2. The van der Waals surface area contributed by atoms with Crippen molar-refractivity contribution in [1.29, 1.82) is 0 Å². The SMILES string of the molecule is C[C@]1(NC(=O)C(=O)N[C@@]2(C)CCS(=O)(=O)C2)CCS(=O)(=O)C1. The second-order valence-corrected chi connectivity index (χ2v) is 11.1. The van der Waals surface area contributed by atoms with Crippen LogP contribution in [-0.2, 0) is 29.3 Å². The molecule has 0 aromatic carbocycles. The Balaban J connectivity index is 1.98. The molecule has 0 radical (unpaired) electrons. The fraction of sp³-hybridized carbons (Fsp3) is 0.833. The largest absolute Gasteiger partial charge is 0.342 e. The second kappa shape index (κ2) is 5.19. The first-order valence-corrected chi connectivity index (χ1v) is 10.5. The predicted octanol–water partition coefficient (Wildman–Crippen LogP) is -1.63. The van der Waals surface area contributed by atoms with Crippen molar-refractivity contribution >= 4 is 31.5 Å². The highest BCUT2D eigenvalue weighted by Crippen LogP contribution is 2.24. The van der Waals surface area contributed by atoms with E-state index in [4.69, 9.17) is 0 Å². The molecule has 2 aliphatic rings. The van der Waals surface area contributed by atoms with E-state index >= 15 is 0 Å². The summed E-state index contributed by atoms with van der Waals surface area (Å²) in [4.78, 5) is 23.9. The Morgan fingerprint density at radius 2 is 1.09 bits per heavy atom. The number of nitrogens with one attached hydrogen (secondary N) is 2. The van der Waals surface area contributed by atoms with Crippen molar-refractivity contribution in [2.24, 2.45) is 0 Å². The molecular formula is C12H20N2O6S2. The minimum absolute atomic E-state index is 0.0264. The van der Waals surface area contributed by atoms with Crippen LogP contribution in [0.15, 0.2) is 0 Å². The molecule has 2 fully saturated rings. The summed E-state index contributed by atoms with van der Waals surface area (Å²) in [5.74, 6) is -2.34. The summed E-state index contributed by atoms with van der Waals surface area (Å²) in [7, 11) is -6.40. The molecule has 2 N–H and O–H groups in total. The van der Waals surface area contributed by atoms with Crippen molar-refractivity contribution in [1.82, 2.24) is 10.6 Å². The predicted molar refractivity (Wildman–Crippen MR) is 79.6 cm³/mol. The van der Waals surface area contributed by atoms with Crippen LogP contribution in [0.1, 0.15) is 26.7 Å². The number of carbonyl (C=O) groups excluding carboxylic acids is 2. The van der Waals surface area contributed by atoms with Gasteiger partial charge in [0, 0.05) is 0 Å². The van der Waals surface area contributed by atoms with Crippen LogP contribution >= 0.6 is 0 Å². The molecular weight excluding hydrogens is 332 g/mol. The molecule has 0 unspecified atom stereocenters. The van der Waals surface area contributed by atoms with Crippen LogP contribution in [0.4, 0.5) is 0 Å². The lowest BCUT2D eigenvalue weighted by Crippen LogP contribution is -2.56. The monoisotopic (exact) mass is 352 g/mol. The van der Waals surface area contributed by atoms with E-state index in [-0.39, 0.29) is 35.9 Å². The van der Waals surface area contributed by atoms with Crippen molar-refractivity contribution in [2.45, 2.75) is 37.8 Å². The van der Waals surface area contributed by atoms with Gasteiger partial charge in [0.1, 0.15) is 0 Å². The zero-order valence-electron chi connectivity index (χ0n) is 12.5. The lowest BCUT2D eigenvalue weighted by molar-refractivity contribution is -0.141. The third kappa shape index (κ3) is 3.97. The normalized spacial score (nSPS) is 35.9. The van der Waals surface area contributed by atoms with E-state index in [0.29, 0.717) is 0 Å². The lowest BCUT2D eigenvalue weighted by Gasteiger charge is -2.26. The van der Waals surface area contributed by atoms with Crippen molar-refractivity contribution in [2.75, 3.05) is 23.0 Å². The van der Waals surface area contributed by atoms with Gasteiger partial charge in [-0.15, -0.1) is 0 Å². The summed E-state index contributed by atoms with van der Waals surface area (Å²) in [5.41, 5.74) is -1.92. The molecule has 0 aromatic rings. The molecule has 2 heterocycles. The third-order valence-electron chi connectivity index (χ3n) is 4.04. The van der Waals surface area contributed by atoms with Crippen LogP contribution in [-0.4, -0.2) is 62.7 Å². The summed E-state index contributed by atoms with van der Waals surface area (Å²) >= 11 is 0. The zero-order valence-corrected chi connectivity index (χ0v) is 14.1. The smallest absolute Gasteiger partial charge is 0.309 e. The maximum absolute atomic E-state index is 11.9. The van der Waals surface area contributed by atoms with Gasteiger partial charge in [0.15, 0.2) is 19.7 Å². The van der Waals surface area contributed by atoms with Crippen molar-refractivity contribution in [3.63, 3.8) is 0 Å². The molecule has 0 spiro atoms. The van der Waals surface area contributed by atoms with Gasteiger partial charge in [0.25, 0.3) is 0 Å². The fourth-order valence-electron chi connectivity index (χ4n) is 2.88. The molecule has 2 atom stereocenters. The van der Waals surface area contributed by atoms with Crippen LogP contribution in [0.25, 0.3) is 0 Å². The fourth-order valence-corrected chi connectivity index (χ4v) is 7.07. The Bertz CT molecular complexity index is 652. The number of hydrogen-bond donors (Lipinski definition) is 2. The Hall–Kier alpha value is -1.16. The highest BCUT2D eigenvalue weighted by Gasteiger charge is 2.43. The summed E-state index contributed by atoms with van der Waals surface area (Å²) in [6, 6.07) is 0. The van der Waals surface area contributed by atoms with Gasteiger partial charge in [-0.2, -0.15) is 0 Å². The Kier molecular flexibility index (Phi) is 4.06. The van der Waals surface area contributed by atoms with Gasteiger partial charge in [-0.05, 0) is 26.7 Å². The molecule has 2 rings (SSSR count). The van der Waals surface area contributed by atoms with E-state index in [0.717, 1.165) is 0 Å². The maximum atomic E-state index is 11.9. The second-order valence-electron chi connectivity index (χ2n) is 6.71. The first-order chi connectivity index (χ1) is 9.84. The molecule has 0 aliphatic carbocycles. The maximum Gasteiger partial charge on any atom is 0.309 e. The van der Waals surface area contributed by atoms with E-state index in [1.54, 1.807) is 13.8 Å². The van der Waals surface area contributed by atoms with Gasteiger partial charge in [0.05, 0.1) is 34.1 Å². The molecule has 0 bridgehead atoms. The van der Waals surface area contributed by atoms with Gasteiger partial charge in [-0.3, -0.25) is 9.59 Å². The summed E-state index contributed by atoms with van der Waals surface area (Å²) in [6.07, 6.45) is 0.500. The zero-order chi connectivity index (χ0) is 16.8. The van der Waals surface area contributed by atoms with Crippen LogP contribution in [0.3, 0.4) is 0 Å². The van der Waals surface area contributed by atoms with E-state index in [2.05, 4.69) is 10.6 Å². The van der Waals surface area contributed by atoms with Crippen LogP contribution in [0.2, 0.25) is 0 Å². The Morgan fingerprint density at radius 3 is 1.32 bits per heavy atom. The summed E-state index contributed by atoms with van der Waals surface area (Å²) < 4.78 is 45.9. The Morgan fingerprint density at radius 1 is 0.773 bits per heavy atom. The standard InChI is InChI=1S/C12H20N2O6S2/c1-11(3-5-21(17,18)7-11)13-9(15)10(16)14-12(2)4-6-22(19,20)8-12/h3-8H2,1-2H3,(H,13,15)(H,14,16)/t11-,12-/m0/s1. The molecule has 2 saturated heterocycles. The number of rotatable bonds is 2.